The van der Waals surface area contributed by atoms with Gasteiger partial charge in [0.05, 0.1) is 6.26 Å². The molecule has 68 valence electrons. The summed E-state index contributed by atoms with van der Waals surface area (Å²) in [5, 5.41) is 8.10. The van der Waals surface area contributed by atoms with Gasteiger partial charge >= 0.3 is 11.9 Å². The second-order valence-corrected chi connectivity index (χ2v) is 3.38. The van der Waals surface area contributed by atoms with Crippen molar-refractivity contribution in [3.05, 3.63) is 12.3 Å². The molecule has 0 atom stereocenters. The summed E-state index contributed by atoms with van der Waals surface area (Å²) in [5.74, 6) is -2.86. The molecule has 0 unspecified atom stereocenters. The number of esters is 1. The van der Waals surface area contributed by atoms with E-state index >= 15 is 0 Å². The highest BCUT2D eigenvalue weighted by atomic mass is 16.6. The number of rotatable bonds is 1. The Morgan fingerprint density at radius 3 is 2.17 bits per heavy atom. The summed E-state index contributed by atoms with van der Waals surface area (Å²) in [6, 6.07) is 0. The first kappa shape index (κ1) is 10.7. The van der Waals surface area contributed by atoms with Gasteiger partial charge < -0.3 is 9.84 Å². The van der Waals surface area contributed by atoms with Crippen LogP contribution in [0.2, 0.25) is 0 Å². The van der Waals surface area contributed by atoms with Crippen LogP contribution in [0.5, 0.6) is 0 Å². The van der Waals surface area contributed by atoms with Gasteiger partial charge in [-0.25, -0.2) is 9.59 Å². The van der Waals surface area contributed by atoms with E-state index < -0.39 is 11.9 Å². The second kappa shape index (κ2) is 3.90. The smallest absolute Gasteiger partial charge is 0.422 e. The quantitative estimate of drug-likeness (QED) is 0.366. The van der Waals surface area contributed by atoms with Crippen molar-refractivity contribution in [2.75, 3.05) is 0 Å². The number of carbonyl (C=O) groups is 2. The van der Waals surface area contributed by atoms with Crippen LogP contribution in [0.25, 0.3) is 0 Å². The van der Waals surface area contributed by atoms with E-state index in [1.165, 1.54) is 0 Å². The van der Waals surface area contributed by atoms with Crippen molar-refractivity contribution in [2.45, 2.75) is 20.8 Å². The highest BCUT2D eigenvalue weighted by Gasteiger charge is 2.11. The maximum absolute atomic E-state index is 10.4. The van der Waals surface area contributed by atoms with Crippen LogP contribution in [0.1, 0.15) is 20.8 Å². The van der Waals surface area contributed by atoms with Crippen LogP contribution in [-0.2, 0) is 14.3 Å². The Morgan fingerprint density at radius 2 is 1.83 bits per heavy atom. The molecule has 0 aromatic heterocycles. The normalized spacial score (nSPS) is 11.6. The highest BCUT2D eigenvalue weighted by molar-refractivity contribution is 6.28. The van der Waals surface area contributed by atoms with Gasteiger partial charge in [0.1, 0.15) is 0 Å². The van der Waals surface area contributed by atoms with E-state index in [0.29, 0.717) is 0 Å². The molecule has 0 aliphatic rings. The van der Waals surface area contributed by atoms with E-state index in [1.807, 2.05) is 20.8 Å². The second-order valence-electron chi connectivity index (χ2n) is 3.38. The molecule has 0 spiro atoms. The molecule has 0 aromatic rings. The predicted octanol–water partition coefficient (Wildman–Crippen LogP) is 1.17. The molecule has 12 heavy (non-hydrogen) atoms. The monoisotopic (exact) mass is 172 g/mol. The summed E-state index contributed by atoms with van der Waals surface area (Å²) in [6.45, 7) is 5.70. The standard InChI is InChI=1S/C8H12O4/c1-8(2,3)4-5-12-7(11)6(9)10/h4-5H,1-3H3,(H,9,10). The number of allylic oxidation sites excluding steroid dienone is 1. The predicted molar refractivity (Wildman–Crippen MR) is 42.3 cm³/mol. The molecular weight excluding hydrogens is 160 g/mol. The van der Waals surface area contributed by atoms with Gasteiger partial charge in [-0.3, -0.25) is 0 Å². The number of hydrogen-bond donors (Lipinski definition) is 1. The highest BCUT2D eigenvalue weighted by Crippen LogP contribution is 2.14. The molecule has 0 radical (unpaired) electrons. The molecule has 0 fully saturated rings. The first-order valence-corrected chi connectivity index (χ1v) is 3.44. The van der Waals surface area contributed by atoms with Crippen LogP contribution >= 0.6 is 0 Å². The zero-order chi connectivity index (χ0) is 9.78. The van der Waals surface area contributed by atoms with Gasteiger partial charge in [-0.05, 0) is 11.5 Å². The van der Waals surface area contributed by atoms with E-state index in [0.717, 1.165) is 6.26 Å². The summed E-state index contributed by atoms with van der Waals surface area (Å²) in [5.41, 5.74) is -0.126. The summed E-state index contributed by atoms with van der Waals surface area (Å²) in [4.78, 5) is 20.3. The fourth-order valence-corrected chi connectivity index (χ4v) is 0.350. The van der Waals surface area contributed by atoms with Gasteiger partial charge in [0, 0.05) is 0 Å². The van der Waals surface area contributed by atoms with Crippen molar-refractivity contribution in [1.29, 1.82) is 0 Å². The average Bonchev–Trinajstić information content (AvgIpc) is 1.84. The Labute approximate surface area is 70.8 Å². The van der Waals surface area contributed by atoms with Crippen LogP contribution < -0.4 is 0 Å². The van der Waals surface area contributed by atoms with E-state index in [4.69, 9.17) is 5.11 Å². The van der Waals surface area contributed by atoms with Crippen molar-refractivity contribution in [3.63, 3.8) is 0 Å². The van der Waals surface area contributed by atoms with Gasteiger partial charge in [-0.15, -0.1) is 0 Å². The summed E-state index contributed by atoms with van der Waals surface area (Å²) >= 11 is 0. The third kappa shape index (κ3) is 5.46. The average molecular weight is 172 g/mol. The third-order valence-corrected chi connectivity index (χ3v) is 0.918. The molecule has 0 rings (SSSR count). The van der Waals surface area contributed by atoms with Gasteiger partial charge in [-0.2, -0.15) is 0 Å². The van der Waals surface area contributed by atoms with Crippen LogP contribution in [0.3, 0.4) is 0 Å². The summed E-state index contributed by atoms with van der Waals surface area (Å²) < 4.78 is 4.26. The number of carbonyl (C=O) groups excluding carboxylic acids is 1. The summed E-state index contributed by atoms with van der Waals surface area (Å²) in [6.07, 6.45) is 2.70. The minimum atomic E-state index is -1.59. The summed E-state index contributed by atoms with van der Waals surface area (Å²) in [7, 11) is 0. The number of ether oxygens (including phenoxy) is 1. The van der Waals surface area contributed by atoms with E-state index in [9.17, 15) is 9.59 Å². The van der Waals surface area contributed by atoms with Gasteiger partial charge in [0.2, 0.25) is 0 Å². The zero-order valence-electron chi connectivity index (χ0n) is 7.33. The SMILES string of the molecule is CC(C)(C)C=COC(=O)C(=O)O. The van der Waals surface area contributed by atoms with Crippen molar-refractivity contribution < 1.29 is 19.4 Å². The topological polar surface area (TPSA) is 63.6 Å². The molecule has 0 aromatic carbocycles. The van der Waals surface area contributed by atoms with Crippen molar-refractivity contribution in [3.8, 4) is 0 Å². The molecule has 4 nitrogen and oxygen atoms in total. The Balaban J connectivity index is 3.92. The minimum absolute atomic E-state index is 0.126. The zero-order valence-corrected chi connectivity index (χ0v) is 7.33. The first-order chi connectivity index (χ1) is 5.33. The number of aliphatic carboxylic acids is 1. The molecule has 1 N–H and O–H groups in total. The fourth-order valence-electron chi connectivity index (χ4n) is 0.350. The lowest BCUT2D eigenvalue weighted by molar-refractivity contribution is -0.160. The lowest BCUT2D eigenvalue weighted by atomic mass is 9.97. The maximum Gasteiger partial charge on any atom is 0.422 e. The molecule has 0 amide bonds. The molecular formula is C8H12O4. The van der Waals surface area contributed by atoms with Crippen molar-refractivity contribution >= 4 is 11.9 Å². The van der Waals surface area contributed by atoms with E-state index in [-0.39, 0.29) is 5.41 Å². The van der Waals surface area contributed by atoms with Gasteiger partial charge in [0.15, 0.2) is 0 Å². The Morgan fingerprint density at radius 1 is 1.33 bits per heavy atom. The molecule has 0 aliphatic heterocycles. The minimum Gasteiger partial charge on any atom is -0.473 e. The van der Waals surface area contributed by atoms with Crippen molar-refractivity contribution in [2.24, 2.45) is 5.41 Å². The first-order valence-electron chi connectivity index (χ1n) is 3.44. The van der Waals surface area contributed by atoms with Crippen LogP contribution in [0, 0.1) is 5.41 Å². The lowest BCUT2D eigenvalue weighted by Gasteiger charge is -2.09. The molecule has 0 saturated carbocycles. The third-order valence-electron chi connectivity index (χ3n) is 0.918. The molecule has 0 saturated heterocycles. The van der Waals surface area contributed by atoms with Crippen molar-refractivity contribution in [1.82, 2.24) is 0 Å². The number of carboxylic acid groups (broad SMARTS) is 1. The van der Waals surface area contributed by atoms with Crippen LogP contribution in [0.15, 0.2) is 12.3 Å². The largest absolute Gasteiger partial charge is 0.473 e. The van der Waals surface area contributed by atoms with Gasteiger partial charge in [-0.1, -0.05) is 20.8 Å². The Kier molecular flexibility index (Phi) is 3.47. The Hall–Kier alpha value is -1.32. The lowest BCUT2D eigenvalue weighted by Crippen LogP contribution is -2.13. The van der Waals surface area contributed by atoms with Crippen LogP contribution in [0.4, 0.5) is 0 Å². The fraction of sp³-hybridized carbons (Fsp3) is 0.500. The molecule has 0 heterocycles. The van der Waals surface area contributed by atoms with E-state index in [2.05, 4.69) is 4.74 Å². The molecule has 0 bridgehead atoms. The van der Waals surface area contributed by atoms with Crippen LogP contribution in [-0.4, -0.2) is 17.0 Å². The molecule has 0 aliphatic carbocycles. The number of hydrogen-bond acceptors (Lipinski definition) is 3. The van der Waals surface area contributed by atoms with E-state index in [1.54, 1.807) is 6.08 Å². The number of carboxylic acids is 1. The Bertz CT molecular complexity index is 210. The van der Waals surface area contributed by atoms with Gasteiger partial charge in [0.25, 0.3) is 0 Å². The molecule has 4 heteroatoms. The maximum atomic E-state index is 10.4.